The Bertz CT molecular complexity index is 1750. The molecule has 0 aliphatic carbocycles. The molecule has 45 heavy (non-hydrogen) atoms. The highest BCUT2D eigenvalue weighted by atomic mass is 19.1. The minimum absolute atomic E-state index is 0.0674. The van der Waals surface area contributed by atoms with Gasteiger partial charge in [0.25, 0.3) is 5.91 Å². The molecule has 1 saturated heterocycles. The van der Waals surface area contributed by atoms with E-state index in [9.17, 15) is 14.0 Å². The van der Waals surface area contributed by atoms with Crippen molar-refractivity contribution in [1.29, 1.82) is 0 Å². The van der Waals surface area contributed by atoms with Gasteiger partial charge in [-0.2, -0.15) is 0 Å². The standard InChI is InChI=1S/C37H34FN5O2/c1-27-7-5-6-10-33(27)37(45)43(25-28-11-17-32(38)18-12-28)26-36(44)42-23-21-41(22-24-42)35-20-19-34(39-40-35)31-15-13-30(14-16-31)29-8-3-2-4-9-29/h2-20H,21-26H2,1H3. The van der Waals surface area contributed by atoms with Gasteiger partial charge < -0.3 is 14.7 Å². The molecule has 6 rings (SSSR count). The molecule has 0 spiro atoms. The van der Waals surface area contributed by atoms with Crippen LogP contribution in [-0.2, 0) is 11.3 Å². The maximum Gasteiger partial charge on any atom is 0.254 e. The average Bonchev–Trinajstić information content (AvgIpc) is 3.09. The topological polar surface area (TPSA) is 69.6 Å². The molecule has 226 valence electrons. The molecule has 0 atom stereocenters. The van der Waals surface area contributed by atoms with Gasteiger partial charge in [-0.1, -0.05) is 84.9 Å². The molecule has 1 aliphatic rings. The number of carbonyl (C=O) groups excluding carboxylic acids is 2. The van der Waals surface area contributed by atoms with Crippen LogP contribution in [0.3, 0.4) is 0 Å². The highest BCUT2D eigenvalue weighted by Gasteiger charge is 2.26. The molecule has 5 aromatic rings. The first-order chi connectivity index (χ1) is 21.9. The number of rotatable bonds is 8. The van der Waals surface area contributed by atoms with Gasteiger partial charge in [0.1, 0.15) is 12.4 Å². The minimum Gasteiger partial charge on any atom is -0.352 e. The lowest BCUT2D eigenvalue weighted by molar-refractivity contribution is -0.132. The van der Waals surface area contributed by atoms with Crippen LogP contribution < -0.4 is 4.90 Å². The summed E-state index contributed by atoms with van der Waals surface area (Å²) in [6.07, 6.45) is 0. The Labute approximate surface area is 262 Å². The van der Waals surface area contributed by atoms with Crippen LogP contribution in [0.1, 0.15) is 21.5 Å². The number of aromatic nitrogens is 2. The molecule has 0 N–H and O–H groups in total. The van der Waals surface area contributed by atoms with Crippen molar-refractivity contribution in [3.8, 4) is 22.4 Å². The first-order valence-corrected chi connectivity index (χ1v) is 15.1. The fourth-order valence-electron chi connectivity index (χ4n) is 5.55. The summed E-state index contributed by atoms with van der Waals surface area (Å²) in [5, 5.41) is 8.97. The van der Waals surface area contributed by atoms with Crippen molar-refractivity contribution in [2.45, 2.75) is 13.5 Å². The van der Waals surface area contributed by atoms with E-state index in [0.717, 1.165) is 33.8 Å². The molecule has 7 nitrogen and oxygen atoms in total. The Hall–Kier alpha value is -5.37. The van der Waals surface area contributed by atoms with Gasteiger partial charge in [-0.05, 0) is 59.5 Å². The third-order valence-electron chi connectivity index (χ3n) is 8.17. The molecule has 1 aliphatic heterocycles. The number of anilines is 1. The van der Waals surface area contributed by atoms with Crippen molar-refractivity contribution in [2.75, 3.05) is 37.6 Å². The van der Waals surface area contributed by atoms with Crippen LogP contribution in [0.5, 0.6) is 0 Å². The largest absolute Gasteiger partial charge is 0.352 e. The number of amides is 2. The van der Waals surface area contributed by atoms with Crippen LogP contribution in [0.15, 0.2) is 115 Å². The van der Waals surface area contributed by atoms with Crippen LogP contribution in [0.25, 0.3) is 22.4 Å². The molecular formula is C37H34FN5O2. The smallest absolute Gasteiger partial charge is 0.254 e. The van der Waals surface area contributed by atoms with E-state index < -0.39 is 0 Å². The van der Waals surface area contributed by atoms with Crippen LogP contribution in [-0.4, -0.2) is 64.5 Å². The van der Waals surface area contributed by atoms with Gasteiger partial charge >= 0.3 is 0 Å². The number of benzene rings is 4. The van der Waals surface area contributed by atoms with Crippen LogP contribution in [0.2, 0.25) is 0 Å². The second-order valence-electron chi connectivity index (χ2n) is 11.2. The summed E-state index contributed by atoms with van der Waals surface area (Å²) in [6.45, 7) is 4.24. The van der Waals surface area contributed by atoms with Crippen LogP contribution in [0.4, 0.5) is 10.2 Å². The van der Waals surface area contributed by atoms with Crippen LogP contribution >= 0.6 is 0 Å². The summed E-state index contributed by atoms with van der Waals surface area (Å²) in [5.41, 5.74) is 6.25. The first-order valence-electron chi connectivity index (χ1n) is 15.1. The van der Waals surface area contributed by atoms with Gasteiger partial charge in [-0.15, -0.1) is 10.2 Å². The number of hydrogen-bond acceptors (Lipinski definition) is 5. The van der Waals surface area contributed by atoms with Crippen molar-refractivity contribution in [3.05, 3.63) is 138 Å². The average molecular weight is 600 g/mol. The van der Waals surface area contributed by atoms with Crippen molar-refractivity contribution < 1.29 is 14.0 Å². The summed E-state index contributed by atoms with van der Waals surface area (Å²) in [6, 6.07) is 35.8. The highest BCUT2D eigenvalue weighted by molar-refractivity contribution is 5.97. The van der Waals surface area contributed by atoms with E-state index in [1.165, 1.54) is 17.7 Å². The molecule has 0 saturated carbocycles. The summed E-state index contributed by atoms with van der Waals surface area (Å²) in [7, 11) is 0. The van der Waals surface area contributed by atoms with Gasteiger partial charge in [-0.25, -0.2) is 4.39 Å². The Balaban J connectivity index is 1.08. The van der Waals surface area contributed by atoms with E-state index in [1.807, 2.05) is 55.5 Å². The number of piperazine rings is 1. The summed E-state index contributed by atoms with van der Waals surface area (Å²) in [5.74, 6) is 0.0641. The number of halogens is 1. The van der Waals surface area contributed by atoms with E-state index in [1.54, 1.807) is 28.0 Å². The molecule has 1 fully saturated rings. The fraction of sp³-hybridized carbons (Fsp3) is 0.189. The Morgan fingerprint density at radius 3 is 2.02 bits per heavy atom. The maximum atomic E-state index is 13.6. The molecule has 2 heterocycles. The molecular weight excluding hydrogens is 565 g/mol. The lowest BCUT2D eigenvalue weighted by atomic mass is 10.0. The summed E-state index contributed by atoms with van der Waals surface area (Å²) in [4.78, 5) is 32.5. The molecule has 0 radical (unpaired) electrons. The second kappa shape index (κ2) is 13.5. The van der Waals surface area contributed by atoms with Crippen molar-refractivity contribution in [1.82, 2.24) is 20.0 Å². The number of nitrogens with zero attached hydrogens (tertiary/aromatic N) is 5. The zero-order valence-corrected chi connectivity index (χ0v) is 25.1. The number of aryl methyl sites for hydroxylation is 1. The van der Waals surface area contributed by atoms with Crippen molar-refractivity contribution in [2.24, 2.45) is 0 Å². The third kappa shape index (κ3) is 7.07. The molecule has 0 bridgehead atoms. The molecule has 1 aromatic heterocycles. The van der Waals surface area contributed by atoms with Crippen LogP contribution in [0, 0.1) is 12.7 Å². The lowest BCUT2D eigenvalue weighted by Crippen LogP contribution is -2.52. The Kier molecular flexibility index (Phi) is 8.91. The van der Waals surface area contributed by atoms with Gasteiger partial charge in [0.15, 0.2) is 5.82 Å². The number of carbonyl (C=O) groups is 2. The van der Waals surface area contributed by atoms with Gasteiger partial charge in [0.05, 0.1) is 5.69 Å². The predicted molar refractivity (Wildman–Crippen MR) is 174 cm³/mol. The SMILES string of the molecule is Cc1ccccc1C(=O)N(CC(=O)N1CCN(c2ccc(-c3ccc(-c4ccccc4)cc3)nn2)CC1)Cc1ccc(F)cc1. The Morgan fingerprint density at radius 2 is 1.36 bits per heavy atom. The normalized spacial score (nSPS) is 13.0. The lowest BCUT2D eigenvalue weighted by Gasteiger charge is -2.36. The van der Waals surface area contributed by atoms with Crippen molar-refractivity contribution >= 4 is 17.6 Å². The monoisotopic (exact) mass is 599 g/mol. The second-order valence-corrected chi connectivity index (χ2v) is 11.2. The van der Waals surface area contributed by atoms with Gasteiger partial charge in [-0.3, -0.25) is 9.59 Å². The van der Waals surface area contributed by atoms with E-state index in [4.69, 9.17) is 0 Å². The van der Waals surface area contributed by atoms with Gasteiger partial charge in [0, 0.05) is 43.9 Å². The summed E-state index contributed by atoms with van der Waals surface area (Å²) < 4.78 is 13.5. The highest BCUT2D eigenvalue weighted by Crippen LogP contribution is 2.25. The zero-order valence-electron chi connectivity index (χ0n) is 25.1. The zero-order chi connectivity index (χ0) is 31.2. The quantitative estimate of drug-likeness (QED) is 0.211. The van der Waals surface area contributed by atoms with E-state index >= 15 is 0 Å². The van der Waals surface area contributed by atoms with E-state index in [0.29, 0.717) is 31.7 Å². The van der Waals surface area contributed by atoms with E-state index in [-0.39, 0.29) is 30.7 Å². The molecule has 2 amide bonds. The van der Waals surface area contributed by atoms with E-state index in [2.05, 4.69) is 51.5 Å². The Morgan fingerprint density at radius 1 is 0.711 bits per heavy atom. The first kappa shape index (κ1) is 29.7. The number of hydrogen-bond donors (Lipinski definition) is 0. The molecule has 8 heteroatoms. The predicted octanol–water partition coefficient (Wildman–Crippen LogP) is 6.25. The maximum absolute atomic E-state index is 13.6. The summed E-state index contributed by atoms with van der Waals surface area (Å²) >= 11 is 0. The third-order valence-corrected chi connectivity index (χ3v) is 8.17. The molecule has 0 unspecified atom stereocenters. The molecule has 4 aromatic carbocycles. The minimum atomic E-state index is -0.346. The van der Waals surface area contributed by atoms with Crippen molar-refractivity contribution in [3.63, 3.8) is 0 Å². The van der Waals surface area contributed by atoms with Gasteiger partial charge in [0.2, 0.25) is 5.91 Å². The fourth-order valence-corrected chi connectivity index (χ4v) is 5.55.